The van der Waals surface area contributed by atoms with Gasteiger partial charge in [0.1, 0.15) is 5.82 Å². The van der Waals surface area contributed by atoms with Gasteiger partial charge in [-0.05, 0) is 55.8 Å². The van der Waals surface area contributed by atoms with E-state index >= 15 is 0 Å². The zero-order valence-electron chi connectivity index (χ0n) is 17.8. The molecule has 1 heterocycles. The number of amides is 3. The van der Waals surface area contributed by atoms with Crippen LogP contribution < -0.4 is 16.4 Å². The van der Waals surface area contributed by atoms with E-state index in [0.29, 0.717) is 56.9 Å². The van der Waals surface area contributed by atoms with Crippen molar-refractivity contribution in [3.05, 3.63) is 29.6 Å². The van der Waals surface area contributed by atoms with Crippen molar-refractivity contribution in [3.63, 3.8) is 0 Å². The first-order valence-electron chi connectivity index (χ1n) is 10.4. The summed E-state index contributed by atoms with van der Waals surface area (Å²) in [6.07, 6.45) is -2.39. The molecule has 1 aromatic rings. The third-order valence-corrected chi connectivity index (χ3v) is 5.32. The first-order chi connectivity index (χ1) is 14.5. The average molecular weight is 446 g/mol. The molecule has 1 atom stereocenters. The lowest BCUT2D eigenvalue weighted by molar-refractivity contribution is -0.140. The monoisotopic (exact) mass is 446 g/mol. The molecule has 0 aromatic heterocycles. The molecular weight excluding hydrogens is 416 g/mol. The molecule has 0 saturated carbocycles. The number of benzene rings is 1. The van der Waals surface area contributed by atoms with Crippen LogP contribution in [0.15, 0.2) is 18.2 Å². The van der Waals surface area contributed by atoms with Crippen LogP contribution in [-0.4, -0.2) is 42.5 Å². The lowest BCUT2D eigenvalue weighted by Crippen LogP contribution is -2.48. The molecule has 1 fully saturated rings. The number of anilines is 1. The fourth-order valence-electron chi connectivity index (χ4n) is 3.75. The molecule has 3 amide bonds. The summed E-state index contributed by atoms with van der Waals surface area (Å²) in [5.74, 6) is -0.782. The van der Waals surface area contributed by atoms with Crippen LogP contribution in [0.5, 0.6) is 0 Å². The Morgan fingerprint density at radius 3 is 2.39 bits per heavy atom. The Morgan fingerprint density at radius 1 is 1.23 bits per heavy atom. The lowest BCUT2D eigenvalue weighted by Gasteiger charge is -2.33. The Labute approximate surface area is 179 Å². The van der Waals surface area contributed by atoms with E-state index in [1.165, 1.54) is 0 Å². The van der Waals surface area contributed by atoms with E-state index < -0.39 is 23.6 Å². The summed E-state index contributed by atoms with van der Waals surface area (Å²) in [5, 5.41) is 5.06. The molecule has 6 nitrogen and oxygen atoms in total. The lowest BCUT2D eigenvalue weighted by atomic mass is 9.93. The zero-order chi connectivity index (χ0) is 23.2. The predicted octanol–water partition coefficient (Wildman–Crippen LogP) is 3.97. The summed E-state index contributed by atoms with van der Waals surface area (Å²) in [5.41, 5.74) is 4.31. The molecule has 174 valence electrons. The average Bonchev–Trinajstić information content (AvgIpc) is 2.66. The summed E-state index contributed by atoms with van der Waals surface area (Å²) in [6.45, 7) is 5.64. The highest BCUT2D eigenvalue weighted by Crippen LogP contribution is 2.32. The summed E-state index contributed by atoms with van der Waals surface area (Å²) in [6, 6.07) is 1.39. The molecule has 0 radical (unpaired) electrons. The second-order valence-electron chi connectivity index (χ2n) is 8.38. The van der Waals surface area contributed by atoms with Crippen molar-refractivity contribution >= 4 is 17.6 Å². The van der Waals surface area contributed by atoms with Crippen molar-refractivity contribution in [2.24, 2.45) is 17.6 Å². The van der Waals surface area contributed by atoms with Gasteiger partial charge in [0, 0.05) is 31.2 Å². The van der Waals surface area contributed by atoms with Crippen molar-refractivity contribution in [3.8, 4) is 0 Å². The van der Waals surface area contributed by atoms with Gasteiger partial charge in [0.2, 0.25) is 5.91 Å². The normalized spacial score (nSPS) is 16.3. The summed E-state index contributed by atoms with van der Waals surface area (Å²) in [7, 11) is 0. The van der Waals surface area contributed by atoms with Gasteiger partial charge in [-0.1, -0.05) is 13.8 Å². The van der Waals surface area contributed by atoms with Gasteiger partial charge in [-0.15, -0.1) is 0 Å². The Balaban J connectivity index is 1.80. The molecule has 1 aromatic carbocycles. The second-order valence-corrected chi connectivity index (χ2v) is 8.38. The molecular formula is C21H30F4N4O2. The highest BCUT2D eigenvalue weighted by molar-refractivity contribution is 5.89. The zero-order valence-corrected chi connectivity index (χ0v) is 17.8. The van der Waals surface area contributed by atoms with Gasteiger partial charge in [0.25, 0.3) is 0 Å². The number of nitrogens with one attached hydrogen (secondary N) is 2. The van der Waals surface area contributed by atoms with Crippen LogP contribution in [0.4, 0.5) is 28.0 Å². The third-order valence-electron chi connectivity index (χ3n) is 5.32. The number of halogens is 4. The number of alkyl halides is 3. The Hall–Kier alpha value is -2.36. The highest BCUT2D eigenvalue weighted by Gasteiger charge is 2.34. The number of rotatable bonds is 7. The van der Waals surface area contributed by atoms with Crippen LogP contribution in [0.25, 0.3) is 0 Å². The van der Waals surface area contributed by atoms with Gasteiger partial charge < -0.3 is 21.3 Å². The van der Waals surface area contributed by atoms with E-state index in [9.17, 15) is 27.2 Å². The van der Waals surface area contributed by atoms with Crippen LogP contribution in [0, 0.1) is 17.7 Å². The quantitative estimate of drug-likeness (QED) is 0.554. The number of carbonyl (C=O) groups excluding carboxylic acids is 2. The van der Waals surface area contributed by atoms with Gasteiger partial charge in [-0.25, -0.2) is 9.18 Å². The van der Waals surface area contributed by atoms with E-state index in [4.69, 9.17) is 5.73 Å². The molecule has 4 N–H and O–H groups in total. The Bertz CT molecular complexity index is 762. The maximum absolute atomic E-state index is 13.6. The van der Waals surface area contributed by atoms with Crippen LogP contribution >= 0.6 is 0 Å². The highest BCUT2D eigenvalue weighted by atomic mass is 19.4. The molecule has 1 aliphatic rings. The third kappa shape index (κ3) is 7.68. The maximum Gasteiger partial charge on any atom is 0.419 e. The van der Waals surface area contributed by atoms with E-state index in [1.807, 2.05) is 0 Å². The van der Waals surface area contributed by atoms with Crippen molar-refractivity contribution in [1.82, 2.24) is 10.2 Å². The predicted molar refractivity (Wildman–Crippen MR) is 110 cm³/mol. The number of hydrogen-bond acceptors (Lipinski definition) is 3. The minimum absolute atomic E-state index is 0.0548. The molecule has 31 heavy (non-hydrogen) atoms. The van der Waals surface area contributed by atoms with Gasteiger partial charge in [0.15, 0.2) is 0 Å². The number of likely N-dealkylation sites (tertiary alicyclic amines) is 1. The summed E-state index contributed by atoms with van der Waals surface area (Å²) < 4.78 is 51.5. The van der Waals surface area contributed by atoms with Gasteiger partial charge in [-0.2, -0.15) is 13.2 Å². The van der Waals surface area contributed by atoms with E-state index in [0.717, 1.165) is 12.5 Å². The molecule has 10 heteroatoms. The van der Waals surface area contributed by atoms with Crippen molar-refractivity contribution in [1.29, 1.82) is 0 Å². The van der Waals surface area contributed by atoms with Crippen LogP contribution in [-0.2, 0) is 11.0 Å². The van der Waals surface area contributed by atoms with Crippen LogP contribution in [0.3, 0.4) is 0 Å². The molecule has 0 spiro atoms. The van der Waals surface area contributed by atoms with Gasteiger partial charge >= 0.3 is 12.2 Å². The van der Waals surface area contributed by atoms with Crippen molar-refractivity contribution in [2.75, 3.05) is 25.0 Å². The molecule has 1 unspecified atom stereocenters. The SMILES string of the molecule is CC(C)CC(CN)CC(=O)N1CCC(NC(=O)Nc2ccc(C(F)(F)F)c(F)c2)CC1. The number of hydrogen-bond donors (Lipinski definition) is 3. The minimum Gasteiger partial charge on any atom is -0.343 e. The topological polar surface area (TPSA) is 87.5 Å². The Morgan fingerprint density at radius 2 is 1.87 bits per heavy atom. The fourth-order valence-corrected chi connectivity index (χ4v) is 3.75. The summed E-state index contributed by atoms with van der Waals surface area (Å²) in [4.78, 5) is 26.4. The first kappa shape index (κ1) is 24.9. The maximum atomic E-state index is 13.6. The van der Waals surface area contributed by atoms with Crippen molar-refractivity contribution < 1.29 is 27.2 Å². The fraction of sp³-hybridized carbons (Fsp3) is 0.619. The number of urea groups is 1. The first-order valence-corrected chi connectivity index (χ1v) is 10.4. The van der Waals surface area contributed by atoms with Crippen molar-refractivity contribution in [2.45, 2.75) is 51.7 Å². The van der Waals surface area contributed by atoms with Gasteiger partial charge in [-0.3, -0.25) is 4.79 Å². The van der Waals surface area contributed by atoms with E-state index in [-0.39, 0.29) is 23.6 Å². The minimum atomic E-state index is -4.80. The van der Waals surface area contributed by atoms with Crippen LogP contribution in [0.2, 0.25) is 0 Å². The number of carbonyl (C=O) groups is 2. The van der Waals surface area contributed by atoms with E-state index in [1.54, 1.807) is 4.90 Å². The smallest absolute Gasteiger partial charge is 0.343 e. The largest absolute Gasteiger partial charge is 0.419 e. The molecule has 1 aliphatic heterocycles. The number of nitrogens with two attached hydrogens (primary N) is 1. The Kier molecular flexibility index (Phi) is 8.67. The van der Waals surface area contributed by atoms with E-state index in [2.05, 4.69) is 24.5 Å². The number of nitrogens with zero attached hydrogens (tertiary/aromatic N) is 1. The molecule has 2 rings (SSSR count). The summed E-state index contributed by atoms with van der Waals surface area (Å²) >= 11 is 0. The standard InChI is InChI=1S/C21H30F4N4O2/c1-13(2)9-14(12-26)10-19(30)29-7-5-15(6-8-29)27-20(31)28-16-3-4-17(18(22)11-16)21(23,24)25/h3-4,11,13-15H,5-10,12,26H2,1-2H3,(H2,27,28,31). The molecule has 0 bridgehead atoms. The molecule has 0 aliphatic carbocycles. The number of piperidine rings is 1. The molecule has 1 saturated heterocycles. The van der Waals surface area contributed by atoms with Gasteiger partial charge in [0.05, 0.1) is 5.56 Å². The second kappa shape index (κ2) is 10.8. The van der Waals surface area contributed by atoms with Crippen LogP contribution in [0.1, 0.15) is 45.1 Å².